The van der Waals surface area contributed by atoms with Gasteiger partial charge >= 0.3 is 0 Å². The van der Waals surface area contributed by atoms with E-state index in [4.69, 9.17) is 11.6 Å². The van der Waals surface area contributed by atoms with Crippen LogP contribution in [0.2, 0.25) is 5.02 Å². The van der Waals surface area contributed by atoms with Crippen LogP contribution in [0.15, 0.2) is 36.4 Å². The Morgan fingerprint density at radius 3 is 2.76 bits per heavy atom. The van der Waals surface area contributed by atoms with Crippen molar-refractivity contribution in [2.45, 2.75) is 6.92 Å². The van der Waals surface area contributed by atoms with E-state index in [0.29, 0.717) is 5.02 Å². The van der Waals surface area contributed by atoms with Gasteiger partial charge in [-0.15, -0.1) is 15.0 Å². The third-order valence-electron chi connectivity index (χ3n) is 2.50. The van der Waals surface area contributed by atoms with Gasteiger partial charge in [-0.3, -0.25) is 0 Å². The number of halogens is 1. The number of aryl methyl sites for hydroxylation is 1. The van der Waals surface area contributed by atoms with Gasteiger partial charge in [0.2, 0.25) is 0 Å². The van der Waals surface area contributed by atoms with Gasteiger partial charge in [-0.2, -0.15) is 0 Å². The molecule has 0 spiro atoms. The molecule has 3 aromatic rings. The molecule has 0 aliphatic carbocycles. The molecule has 0 aliphatic heterocycles. The zero-order valence-corrected chi connectivity index (χ0v) is 9.94. The highest BCUT2D eigenvalue weighted by Gasteiger charge is 2.05. The van der Waals surface area contributed by atoms with E-state index >= 15 is 0 Å². The van der Waals surface area contributed by atoms with Crippen LogP contribution < -0.4 is 0 Å². The first-order chi connectivity index (χ1) is 8.22. The van der Waals surface area contributed by atoms with Gasteiger partial charge in [-0.25, -0.2) is 0 Å². The molecule has 0 N–H and O–H groups in total. The maximum Gasteiger partial charge on any atom is 0.115 e. The minimum absolute atomic E-state index is 0.665. The van der Waals surface area contributed by atoms with Gasteiger partial charge in [0, 0.05) is 11.1 Å². The molecule has 1 aromatic heterocycles. The van der Waals surface area contributed by atoms with Crippen LogP contribution in [-0.4, -0.2) is 15.0 Å². The number of nitrogens with zero attached hydrogens (tertiary/aromatic N) is 3. The quantitative estimate of drug-likeness (QED) is 0.656. The van der Waals surface area contributed by atoms with Gasteiger partial charge in [0.05, 0.1) is 5.69 Å². The van der Waals surface area contributed by atoms with E-state index < -0.39 is 0 Å². The molecule has 0 saturated heterocycles. The summed E-state index contributed by atoms with van der Waals surface area (Å²) in [6.45, 7) is 2.03. The number of aromatic nitrogens is 3. The summed E-state index contributed by atoms with van der Waals surface area (Å²) in [5.74, 6) is 0. The molecular formula is C13H9ClN3. The molecule has 1 heterocycles. The number of hydrogen-bond acceptors (Lipinski definition) is 2. The molecule has 4 heteroatoms. The average molecular weight is 243 g/mol. The van der Waals surface area contributed by atoms with Crippen LogP contribution >= 0.6 is 11.6 Å². The lowest BCUT2D eigenvalue weighted by molar-refractivity contribution is 0.764. The summed E-state index contributed by atoms with van der Waals surface area (Å²) in [7, 11) is 0. The Kier molecular flexibility index (Phi) is 2.34. The number of benzene rings is 2. The summed E-state index contributed by atoms with van der Waals surface area (Å²) < 4.78 is 0. The highest BCUT2D eigenvalue weighted by atomic mass is 35.5. The summed E-state index contributed by atoms with van der Waals surface area (Å²) in [5, 5.41) is 9.42. The molecule has 1 radical (unpaired) electrons. The average Bonchev–Trinajstić information content (AvgIpc) is 2.72. The minimum Gasteiger partial charge on any atom is -0.150 e. The molecule has 3 nitrogen and oxygen atoms in total. The molecule has 2 aromatic carbocycles. The molecule has 3 rings (SSSR count). The standard InChI is InChI=1S/C13H9ClN3/c1-9-3-2-4-11(7-9)17-15-12-6-5-10(14)8-13(12)16-17/h2-3,5-8H,1H3. The smallest absolute Gasteiger partial charge is 0.115 e. The molecule has 0 unspecified atom stereocenters. The van der Waals surface area contributed by atoms with Gasteiger partial charge in [0.1, 0.15) is 11.0 Å². The lowest BCUT2D eigenvalue weighted by Crippen LogP contribution is -1.98. The third-order valence-corrected chi connectivity index (χ3v) is 2.73. The minimum atomic E-state index is 0.665. The first-order valence-electron chi connectivity index (χ1n) is 5.24. The Hall–Kier alpha value is -1.87. The van der Waals surface area contributed by atoms with Crippen molar-refractivity contribution in [2.75, 3.05) is 0 Å². The van der Waals surface area contributed by atoms with Gasteiger partial charge in [-0.1, -0.05) is 23.7 Å². The summed E-state index contributed by atoms with van der Waals surface area (Å²) in [6.07, 6.45) is 0. The lowest BCUT2D eigenvalue weighted by atomic mass is 10.2. The van der Waals surface area contributed by atoms with Crippen LogP contribution in [0.5, 0.6) is 0 Å². The van der Waals surface area contributed by atoms with Crippen molar-refractivity contribution in [2.24, 2.45) is 0 Å². The number of fused-ring (bicyclic) bond motifs is 1. The van der Waals surface area contributed by atoms with Crippen LogP contribution in [0, 0.1) is 13.0 Å². The molecule has 0 saturated carbocycles. The van der Waals surface area contributed by atoms with Crippen LogP contribution in [0.4, 0.5) is 0 Å². The monoisotopic (exact) mass is 242 g/mol. The Bertz CT molecular complexity index is 688. The molecular weight excluding hydrogens is 234 g/mol. The summed E-state index contributed by atoms with van der Waals surface area (Å²) in [6, 6.07) is 14.4. The van der Waals surface area contributed by atoms with Crippen LogP contribution in [0.3, 0.4) is 0 Å². The summed E-state index contributed by atoms with van der Waals surface area (Å²) >= 11 is 5.91. The molecule has 0 aliphatic rings. The molecule has 0 amide bonds. The molecule has 0 bridgehead atoms. The van der Waals surface area contributed by atoms with E-state index in [1.807, 2.05) is 37.3 Å². The fourth-order valence-corrected chi connectivity index (χ4v) is 1.84. The highest BCUT2D eigenvalue weighted by Crippen LogP contribution is 2.17. The fourth-order valence-electron chi connectivity index (χ4n) is 1.67. The van der Waals surface area contributed by atoms with Crippen molar-refractivity contribution < 1.29 is 0 Å². The van der Waals surface area contributed by atoms with E-state index in [-0.39, 0.29) is 0 Å². The molecule has 0 atom stereocenters. The maximum atomic E-state index is 5.91. The Morgan fingerprint density at radius 1 is 1.12 bits per heavy atom. The third kappa shape index (κ3) is 1.89. The molecule has 17 heavy (non-hydrogen) atoms. The van der Waals surface area contributed by atoms with E-state index in [2.05, 4.69) is 16.3 Å². The summed E-state index contributed by atoms with van der Waals surface area (Å²) in [5.41, 5.74) is 3.59. The van der Waals surface area contributed by atoms with Gasteiger partial charge < -0.3 is 0 Å². The zero-order chi connectivity index (χ0) is 11.8. The van der Waals surface area contributed by atoms with E-state index in [1.54, 1.807) is 10.9 Å². The second-order valence-corrected chi connectivity index (χ2v) is 4.31. The topological polar surface area (TPSA) is 30.7 Å². The second kappa shape index (κ2) is 3.86. The van der Waals surface area contributed by atoms with Gasteiger partial charge in [0.25, 0.3) is 0 Å². The lowest BCUT2D eigenvalue weighted by Gasteiger charge is -1.98. The zero-order valence-electron chi connectivity index (χ0n) is 9.18. The first-order valence-corrected chi connectivity index (χ1v) is 5.61. The summed E-state index contributed by atoms with van der Waals surface area (Å²) in [4.78, 5) is 1.58. The second-order valence-electron chi connectivity index (χ2n) is 3.87. The van der Waals surface area contributed by atoms with E-state index in [0.717, 1.165) is 22.3 Å². The molecule has 0 fully saturated rings. The predicted octanol–water partition coefficient (Wildman–Crippen LogP) is 3.18. The Balaban J connectivity index is 2.18. The normalized spacial score (nSPS) is 10.9. The van der Waals surface area contributed by atoms with Crippen molar-refractivity contribution in [3.8, 4) is 5.69 Å². The predicted molar refractivity (Wildman–Crippen MR) is 67.4 cm³/mol. The Morgan fingerprint density at radius 2 is 1.94 bits per heavy atom. The van der Waals surface area contributed by atoms with Crippen molar-refractivity contribution in [3.05, 3.63) is 53.1 Å². The molecule has 83 valence electrons. The maximum absolute atomic E-state index is 5.91. The van der Waals surface area contributed by atoms with Crippen molar-refractivity contribution >= 4 is 22.6 Å². The number of hydrogen-bond donors (Lipinski definition) is 0. The van der Waals surface area contributed by atoms with Crippen molar-refractivity contribution in [1.82, 2.24) is 15.0 Å². The van der Waals surface area contributed by atoms with Gasteiger partial charge in [-0.05, 0) is 36.8 Å². The highest BCUT2D eigenvalue weighted by molar-refractivity contribution is 6.31. The van der Waals surface area contributed by atoms with Crippen LogP contribution in [-0.2, 0) is 0 Å². The van der Waals surface area contributed by atoms with E-state index in [1.165, 1.54) is 0 Å². The largest absolute Gasteiger partial charge is 0.150 e. The van der Waals surface area contributed by atoms with Crippen molar-refractivity contribution in [3.63, 3.8) is 0 Å². The first kappa shape index (κ1) is 10.3. The van der Waals surface area contributed by atoms with Crippen molar-refractivity contribution in [1.29, 1.82) is 0 Å². The number of rotatable bonds is 1. The SMILES string of the molecule is Cc1cc[c]c(-n2nc3ccc(Cl)cc3n2)c1. The van der Waals surface area contributed by atoms with E-state index in [9.17, 15) is 0 Å². The van der Waals surface area contributed by atoms with Crippen LogP contribution in [0.25, 0.3) is 16.7 Å². The van der Waals surface area contributed by atoms with Crippen LogP contribution in [0.1, 0.15) is 5.56 Å². The fraction of sp³-hybridized carbons (Fsp3) is 0.0769. The Labute approximate surface area is 104 Å². The van der Waals surface area contributed by atoms with Gasteiger partial charge in [0.15, 0.2) is 0 Å².